The van der Waals surface area contributed by atoms with Crippen LogP contribution in [0.5, 0.6) is 0 Å². The van der Waals surface area contributed by atoms with E-state index in [4.69, 9.17) is 4.74 Å². The van der Waals surface area contributed by atoms with Crippen LogP contribution in [0.4, 0.5) is 0 Å². The summed E-state index contributed by atoms with van der Waals surface area (Å²) in [4.78, 5) is 0. The van der Waals surface area contributed by atoms with Crippen LogP contribution in [0.15, 0.2) is 24.3 Å². The first-order valence-electron chi connectivity index (χ1n) is 6.52. The van der Waals surface area contributed by atoms with Gasteiger partial charge in [-0.1, -0.05) is 29.8 Å². The molecule has 1 unspecified atom stereocenters. The fraction of sp³-hybridized carbons (Fsp3) is 0.600. The summed E-state index contributed by atoms with van der Waals surface area (Å²) in [7, 11) is 2.03. The summed E-state index contributed by atoms with van der Waals surface area (Å²) in [5.41, 5.74) is 3.05. The van der Waals surface area contributed by atoms with Gasteiger partial charge in [0.15, 0.2) is 0 Å². The molecule has 1 aromatic carbocycles. The lowest BCUT2D eigenvalue weighted by atomic mass is 9.77. The van der Waals surface area contributed by atoms with Crippen LogP contribution >= 0.6 is 0 Å². The van der Waals surface area contributed by atoms with Gasteiger partial charge in [-0.05, 0) is 38.8 Å². The minimum absolute atomic E-state index is 0.294. The highest BCUT2D eigenvalue weighted by Crippen LogP contribution is 2.32. The van der Waals surface area contributed by atoms with Crippen molar-refractivity contribution in [1.29, 1.82) is 0 Å². The van der Waals surface area contributed by atoms with Crippen LogP contribution in [0.25, 0.3) is 0 Å². The molecule has 2 nitrogen and oxygen atoms in total. The minimum atomic E-state index is 0.294. The second kappa shape index (κ2) is 5.65. The van der Waals surface area contributed by atoms with Gasteiger partial charge in [0.1, 0.15) is 0 Å². The summed E-state index contributed by atoms with van der Waals surface area (Å²) in [6, 6.07) is 8.90. The molecule has 0 radical (unpaired) electrons. The number of hydrogen-bond donors (Lipinski definition) is 1. The zero-order valence-electron chi connectivity index (χ0n) is 11.0. The number of aryl methyl sites for hydroxylation is 1. The van der Waals surface area contributed by atoms with E-state index in [0.29, 0.717) is 5.41 Å². The molecule has 2 rings (SSSR count). The minimum Gasteiger partial charge on any atom is -0.381 e. The fourth-order valence-electron chi connectivity index (χ4n) is 2.77. The maximum absolute atomic E-state index is 5.69. The number of hydrogen-bond acceptors (Lipinski definition) is 2. The molecular weight excluding hydrogens is 210 g/mol. The molecule has 1 aliphatic heterocycles. The molecule has 2 heteroatoms. The van der Waals surface area contributed by atoms with Gasteiger partial charge in [0.05, 0.1) is 6.61 Å². The summed E-state index contributed by atoms with van der Waals surface area (Å²) in [6.45, 7) is 5.00. The molecule has 0 bridgehead atoms. The smallest absolute Gasteiger partial charge is 0.0537 e. The van der Waals surface area contributed by atoms with Crippen molar-refractivity contribution in [2.24, 2.45) is 5.41 Å². The predicted octanol–water partition coefficient (Wildman–Crippen LogP) is 2.55. The van der Waals surface area contributed by atoms with Crippen molar-refractivity contribution in [2.75, 3.05) is 26.8 Å². The standard InChI is InChI=1S/C15H23NO/c1-13-4-6-14(7-5-13)10-15(11-16-2)8-3-9-17-12-15/h4-7,16H,3,8-12H2,1-2H3. The molecule has 1 heterocycles. The molecule has 0 saturated carbocycles. The molecule has 0 spiro atoms. The van der Waals surface area contributed by atoms with Crippen molar-refractivity contribution in [2.45, 2.75) is 26.2 Å². The molecule has 1 saturated heterocycles. The van der Waals surface area contributed by atoms with Gasteiger partial charge in [-0.3, -0.25) is 0 Å². The SMILES string of the molecule is CNCC1(Cc2ccc(C)cc2)CCCOC1. The monoisotopic (exact) mass is 233 g/mol. The van der Waals surface area contributed by atoms with E-state index in [0.717, 1.165) is 26.2 Å². The van der Waals surface area contributed by atoms with Crippen LogP contribution in [0, 0.1) is 12.3 Å². The van der Waals surface area contributed by atoms with E-state index in [1.807, 2.05) is 7.05 Å². The topological polar surface area (TPSA) is 21.3 Å². The van der Waals surface area contributed by atoms with E-state index in [2.05, 4.69) is 36.5 Å². The van der Waals surface area contributed by atoms with Gasteiger partial charge in [-0.2, -0.15) is 0 Å². The Kier molecular flexibility index (Phi) is 4.19. The molecule has 17 heavy (non-hydrogen) atoms. The Labute approximate surface area is 104 Å². The maximum atomic E-state index is 5.69. The largest absolute Gasteiger partial charge is 0.381 e. The Hall–Kier alpha value is -0.860. The maximum Gasteiger partial charge on any atom is 0.0537 e. The molecule has 1 aromatic rings. The first-order valence-corrected chi connectivity index (χ1v) is 6.52. The van der Waals surface area contributed by atoms with Crippen molar-refractivity contribution in [3.63, 3.8) is 0 Å². The Morgan fingerprint density at radius 2 is 2.06 bits per heavy atom. The van der Waals surface area contributed by atoms with Crippen LogP contribution in [-0.2, 0) is 11.2 Å². The van der Waals surface area contributed by atoms with Crippen molar-refractivity contribution >= 4 is 0 Å². The van der Waals surface area contributed by atoms with E-state index in [-0.39, 0.29) is 0 Å². The Morgan fingerprint density at radius 1 is 1.29 bits per heavy atom. The van der Waals surface area contributed by atoms with Gasteiger partial charge in [0.25, 0.3) is 0 Å². The molecule has 0 aliphatic carbocycles. The lowest BCUT2D eigenvalue weighted by Crippen LogP contribution is -2.41. The molecule has 1 fully saturated rings. The van der Waals surface area contributed by atoms with E-state index in [1.54, 1.807) is 0 Å². The normalized spacial score (nSPS) is 24.8. The summed E-state index contributed by atoms with van der Waals surface area (Å²) in [5.74, 6) is 0. The second-order valence-electron chi connectivity index (χ2n) is 5.35. The highest BCUT2D eigenvalue weighted by molar-refractivity contribution is 5.22. The van der Waals surface area contributed by atoms with Gasteiger partial charge in [0, 0.05) is 18.6 Å². The average Bonchev–Trinajstić information content (AvgIpc) is 2.34. The van der Waals surface area contributed by atoms with Crippen LogP contribution in [-0.4, -0.2) is 26.8 Å². The second-order valence-corrected chi connectivity index (χ2v) is 5.35. The van der Waals surface area contributed by atoms with E-state index in [1.165, 1.54) is 24.0 Å². The summed E-state index contributed by atoms with van der Waals surface area (Å²) in [6.07, 6.45) is 3.57. The zero-order chi connectivity index (χ0) is 12.1. The third-order valence-corrected chi connectivity index (χ3v) is 3.66. The fourth-order valence-corrected chi connectivity index (χ4v) is 2.77. The highest BCUT2D eigenvalue weighted by atomic mass is 16.5. The lowest BCUT2D eigenvalue weighted by molar-refractivity contribution is -0.00624. The van der Waals surface area contributed by atoms with E-state index >= 15 is 0 Å². The summed E-state index contributed by atoms with van der Waals surface area (Å²) in [5, 5.41) is 3.33. The molecule has 0 aromatic heterocycles. The quantitative estimate of drug-likeness (QED) is 0.863. The average molecular weight is 233 g/mol. The molecular formula is C15H23NO. The van der Waals surface area contributed by atoms with Crippen LogP contribution in [0.2, 0.25) is 0 Å². The van der Waals surface area contributed by atoms with Gasteiger partial charge in [-0.25, -0.2) is 0 Å². The number of ether oxygens (including phenoxy) is 1. The highest BCUT2D eigenvalue weighted by Gasteiger charge is 2.32. The van der Waals surface area contributed by atoms with Crippen LogP contribution in [0.3, 0.4) is 0 Å². The van der Waals surface area contributed by atoms with E-state index in [9.17, 15) is 0 Å². The Balaban J connectivity index is 2.08. The first kappa shape index (κ1) is 12.6. The van der Waals surface area contributed by atoms with Gasteiger partial charge >= 0.3 is 0 Å². The first-order chi connectivity index (χ1) is 8.24. The predicted molar refractivity (Wildman–Crippen MR) is 71.3 cm³/mol. The van der Waals surface area contributed by atoms with Gasteiger partial charge in [0.2, 0.25) is 0 Å². The lowest BCUT2D eigenvalue weighted by Gasteiger charge is -2.37. The zero-order valence-corrected chi connectivity index (χ0v) is 11.0. The number of benzene rings is 1. The molecule has 94 valence electrons. The molecule has 1 N–H and O–H groups in total. The van der Waals surface area contributed by atoms with Crippen molar-refractivity contribution in [3.8, 4) is 0 Å². The summed E-state index contributed by atoms with van der Waals surface area (Å²) >= 11 is 0. The van der Waals surface area contributed by atoms with E-state index < -0.39 is 0 Å². The molecule has 0 amide bonds. The van der Waals surface area contributed by atoms with Crippen molar-refractivity contribution in [3.05, 3.63) is 35.4 Å². The van der Waals surface area contributed by atoms with Crippen molar-refractivity contribution in [1.82, 2.24) is 5.32 Å². The van der Waals surface area contributed by atoms with Crippen LogP contribution < -0.4 is 5.32 Å². The summed E-state index contributed by atoms with van der Waals surface area (Å²) < 4.78 is 5.69. The molecule has 1 atom stereocenters. The third kappa shape index (κ3) is 3.30. The number of nitrogens with one attached hydrogen (secondary N) is 1. The molecule has 1 aliphatic rings. The van der Waals surface area contributed by atoms with Gasteiger partial charge < -0.3 is 10.1 Å². The third-order valence-electron chi connectivity index (χ3n) is 3.66. The van der Waals surface area contributed by atoms with Gasteiger partial charge in [-0.15, -0.1) is 0 Å². The number of rotatable bonds is 4. The van der Waals surface area contributed by atoms with Crippen LogP contribution in [0.1, 0.15) is 24.0 Å². The Morgan fingerprint density at radius 3 is 2.65 bits per heavy atom. The van der Waals surface area contributed by atoms with Crippen molar-refractivity contribution < 1.29 is 4.74 Å². The Bertz CT molecular complexity index is 333.